The van der Waals surface area contributed by atoms with Gasteiger partial charge in [0, 0.05) is 12.1 Å². The lowest BCUT2D eigenvalue weighted by Gasteiger charge is -2.11. The van der Waals surface area contributed by atoms with Crippen LogP contribution in [0, 0.1) is 0 Å². The van der Waals surface area contributed by atoms with Gasteiger partial charge in [0.1, 0.15) is 17.8 Å². The number of carbonyl (C=O) groups is 2. The van der Waals surface area contributed by atoms with Gasteiger partial charge in [-0.25, -0.2) is 0 Å². The fraction of sp³-hybridized carbons (Fsp3) is 0.250. The van der Waals surface area contributed by atoms with E-state index in [0.717, 1.165) is 5.56 Å². The zero-order chi connectivity index (χ0) is 16.7. The molecule has 1 aromatic carbocycles. The molecule has 0 aliphatic rings. The Hall–Kier alpha value is -2.96. The van der Waals surface area contributed by atoms with Crippen LogP contribution in [0.1, 0.15) is 15.9 Å². The second-order valence-corrected chi connectivity index (χ2v) is 4.65. The predicted octanol–water partition coefficient (Wildman–Crippen LogP) is 1.34. The van der Waals surface area contributed by atoms with Crippen molar-refractivity contribution < 1.29 is 23.5 Å². The number of nitrogens with one attached hydrogen (secondary N) is 2. The molecule has 2 N–H and O–H groups in total. The van der Waals surface area contributed by atoms with Crippen molar-refractivity contribution in [2.45, 2.75) is 6.54 Å². The summed E-state index contributed by atoms with van der Waals surface area (Å²) in [5, 5.41) is 5.22. The normalized spacial score (nSPS) is 10.0. The van der Waals surface area contributed by atoms with Gasteiger partial charge in [-0.1, -0.05) is 0 Å². The Kier molecular flexibility index (Phi) is 5.62. The van der Waals surface area contributed by atoms with Crippen LogP contribution in [0.5, 0.6) is 11.5 Å². The number of amides is 2. The van der Waals surface area contributed by atoms with E-state index in [1.54, 1.807) is 32.4 Å². The molecule has 1 heterocycles. The van der Waals surface area contributed by atoms with Crippen LogP contribution in [0.4, 0.5) is 0 Å². The lowest BCUT2D eigenvalue weighted by Crippen LogP contribution is -2.36. The van der Waals surface area contributed by atoms with Crippen molar-refractivity contribution in [1.82, 2.24) is 10.6 Å². The number of hydrogen-bond acceptors (Lipinski definition) is 5. The topological polar surface area (TPSA) is 89.8 Å². The van der Waals surface area contributed by atoms with Crippen LogP contribution >= 0.6 is 0 Å². The molecule has 0 aliphatic heterocycles. The molecule has 0 saturated heterocycles. The quantitative estimate of drug-likeness (QED) is 0.804. The summed E-state index contributed by atoms with van der Waals surface area (Å²) in [4.78, 5) is 23.5. The number of ether oxygens (including phenoxy) is 2. The highest BCUT2D eigenvalue weighted by atomic mass is 16.5. The van der Waals surface area contributed by atoms with Crippen LogP contribution in [-0.4, -0.2) is 32.6 Å². The van der Waals surface area contributed by atoms with Gasteiger partial charge in [-0.05, 0) is 24.3 Å². The summed E-state index contributed by atoms with van der Waals surface area (Å²) in [5.41, 5.74) is 1.15. The molecule has 1 aromatic heterocycles. The summed E-state index contributed by atoms with van der Waals surface area (Å²) in [5.74, 6) is 0.636. The highest BCUT2D eigenvalue weighted by Gasteiger charge is 2.10. The minimum absolute atomic E-state index is 0.129. The predicted molar refractivity (Wildman–Crippen MR) is 82.4 cm³/mol. The molecule has 7 heteroatoms. The first-order valence-corrected chi connectivity index (χ1v) is 6.92. The van der Waals surface area contributed by atoms with Crippen LogP contribution in [0.25, 0.3) is 0 Å². The average Bonchev–Trinajstić information content (AvgIpc) is 3.12. The lowest BCUT2D eigenvalue weighted by atomic mass is 10.2. The SMILES string of the molecule is COc1ccc(OC)c(CNC(=O)CNC(=O)c2ccoc2)c1. The molecular weight excluding hydrogens is 300 g/mol. The maximum atomic E-state index is 11.8. The molecule has 0 unspecified atom stereocenters. The first-order valence-electron chi connectivity index (χ1n) is 6.92. The van der Waals surface area contributed by atoms with Crippen LogP contribution in [0.15, 0.2) is 41.2 Å². The van der Waals surface area contributed by atoms with Crippen LogP contribution in [0.2, 0.25) is 0 Å². The van der Waals surface area contributed by atoms with Crippen LogP contribution in [0.3, 0.4) is 0 Å². The molecule has 23 heavy (non-hydrogen) atoms. The molecule has 122 valence electrons. The van der Waals surface area contributed by atoms with E-state index in [2.05, 4.69) is 10.6 Å². The van der Waals surface area contributed by atoms with Crippen molar-refractivity contribution in [3.05, 3.63) is 47.9 Å². The van der Waals surface area contributed by atoms with Crippen LogP contribution in [-0.2, 0) is 11.3 Å². The molecule has 0 bridgehead atoms. The summed E-state index contributed by atoms with van der Waals surface area (Å²) in [7, 11) is 3.12. The average molecular weight is 318 g/mol. The standard InChI is InChI=1S/C16H18N2O5/c1-21-13-3-4-14(22-2)12(7-13)8-17-15(19)9-18-16(20)11-5-6-23-10-11/h3-7,10H,8-9H2,1-2H3,(H,17,19)(H,18,20). The number of carbonyl (C=O) groups excluding carboxylic acids is 2. The van der Waals surface area contributed by atoms with Crippen molar-refractivity contribution in [2.75, 3.05) is 20.8 Å². The Labute approximate surface area is 133 Å². The largest absolute Gasteiger partial charge is 0.497 e. The second kappa shape index (κ2) is 7.88. The fourth-order valence-electron chi connectivity index (χ4n) is 1.93. The summed E-state index contributed by atoms with van der Waals surface area (Å²) in [6, 6.07) is 6.84. The highest BCUT2D eigenvalue weighted by molar-refractivity contribution is 5.96. The van der Waals surface area contributed by atoms with E-state index in [1.807, 2.05) is 0 Å². The molecule has 0 radical (unpaired) electrons. The molecule has 2 rings (SSSR count). The number of rotatable bonds is 7. The monoisotopic (exact) mass is 318 g/mol. The van der Waals surface area contributed by atoms with Gasteiger partial charge in [-0.2, -0.15) is 0 Å². The van der Waals surface area contributed by atoms with Gasteiger partial charge >= 0.3 is 0 Å². The van der Waals surface area contributed by atoms with Crippen molar-refractivity contribution in [3.8, 4) is 11.5 Å². The highest BCUT2D eigenvalue weighted by Crippen LogP contribution is 2.23. The Morgan fingerprint density at radius 3 is 2.61 bits per heavy atom. The van der Waals surface area contributed by atoms with E-state index in [0.29, 0.717) is 17.1 Å². The van der Waals surface area contributed by atoms with Gasteiger partial charge in [0.25, 0.3) is 5.91 Å². The molecular formula is C16H18N2O5. The van der Waals surface area contributed by atoms with Crippen molar-refractivity contribution in [1.29, 1.82) is 0 Å². The third-order valence-corrected chi connectivity index (χ3v) is 3.16. The fourth-order valence-corrected chi connectivity index (χ4v) is 1.93. The zero-order valence-corrected chi connectivity index (χ0v) is 12.9. The molecule has 7 nitrogen and oxygen atoms in total. The van der Waals surface area contributed by atoms with E-state index >= 15 is 0 Å². The summed E-state index contributed by atoms with van der Waals surface area (Å²) in [6.07, 6.45) is 2.71. The van der Waals surface area contributed by atoms with Gasteiger partial charge in [0.05, 0.1) is 32.6 Å². The van der Waals surface area contributed by atoms with Gasteiger partial charge in [0.15, 0.2) is 0 Å². The Morgan fingerprint density at radius 1 is 1.13 bits per heavy atom. The third-order valence-electron chi connectivity index (χ3n) is 3.16. The molecule has 2 aromatic rings. The Morgan fingerprint density at radius 2 is 1.96 bits per heavy atom. The summed E-state index contributed by atoms with van der Waals surface area (Å²) >= 11 is 0. The first-order chi connectivity index (χ1) is 11.1. The third kappa shape index (κ3) is 4.50. The van der Waals surface area contributed by atoms with Crippen LogP contribution < -0.4 is 20.1 Å². The van der Waals surface area contributed by atoms with Crippen molar-refractivity contribution in [2.24, 2.45) is 0 Å². The van der Waals surface area contributed by atoms with Gasteiger partial charge in [-0.3, -0.25) is 9.59 Å². The first kappa shape index (κ1) is 16.4. The van der Waals surface area contributed by atoms with E-state index in [9.17, 15) is 9.59 Å². The van der Waals surface area contributed by atoms with Gasteiger partial charge in [-0.15, -0.1) is 0 Å². The zero-order valence-electron chi connectivity index (χ0n) is 12.9. The molecule has 0 aliphatic carbocycles. The van der Waals surface area contributed by atoms with E-state index in [4.69, 9.17) is 13.9 Å². The maximum absolute atomic E-state index is 11.8. The molecule has 0 spiro atoms. The maximum Gasteiger partial charge on any atom is 0.254 e. The van der Waals surface area contributed by atoms with E-state index < -0.39 is 0 Å². The lowest BCUT2D eigenvalue weighted by molar-refractivity contribution is -0.120. The summed E-state index contributed by atoms with van der Waals surface area (Å²) < 4.78 is 15.2. The molecule has 0 fully saturated rings. The van der Waals surface area contributed by atoms with Crippen molar-refractivity contribution in [3.63, 3.8) is 0 Å². The minimum atomic E-state index is -0.368. The Bertz CT molecular complexity index is 667. The van der Waals surface area contributed by atoms with E-state index in [1.165, 1.54) is 18.6 Å². The summed E-state index contributed by atoms with van der Waals surface area (Å²) in [6.45, 7) is 0.136. The number of methoxy groups -OCH3 is 2. The minimum Gasteiger partial charge on any atom is -0.497 e. The smallest absolute Gasteiger partial charge is 0.254 e. The number of furan rings is 1. The number of hydrogen-bond donors (Lipinski definition) is 2. The molecule has 0 atom stereocenters. The second-order valence-electron chi connectivity index (χ2n) is 4.65. The number of benzene rings is 1. The molecule has 2 amide bonds. The molecule has 0 saturated carbocycles. The van der Waals surface area contributed by atoms with Gasteiger partial charge in [0.2, 0.25) is 5.91 Å². The van der Waals surface area contributed by atoms with Gasteiger partial charge < -0.3 is 24.5 Å². The van der Waals surface area contributed by atoms with Crippen molar-refractivity contribution >= 4 is 11.8 Å². The Balaban J connectivity index is 1.85. The van der Waals surface area contributed by atoms with E-state index in [-0.39, 0.29) is 24.9 Å².